The topological polar surface area (TPSA) is 35.6 Å². The van der Waals surface area contributed by atoms with E-state index in [9.17, 15) is 4.79 Å². The predicted molar refractivity (Wildman–Crippen MR) is 113 cm³/mol. The van der Waals surface area contributed by atoms with Crippen molar-refractivity contribution in [3.8, 4) is 22.3 Å². The molecule has 3 rings (SSSR count). The lowest BCUT2D eigenvalue weighted by Gasteiger charge is -2.09. The van der Waals surface area contributed by atoms with E-state index in [-0.39, 0.29) is 0 Å². The summed E-state index contributed by atoms with van der Waals surface area (Å²) in [5, 5.41) is 0. The maximum Gasteiger partial charge on any atom is 0.354 e. The fourth-order valence-corrected chi connectivity index (χ4v) is 3.53. The summed E-state index contributed by atoms with van der Waals surface area (Å²) in [7, 11) is 1.82. The average molecular weight is 372 g/mol. The van der Waals surface area contributed by atoms with Gasteiger partial charge in [0, 0.05) is 18.3 Å². The van der Waals surface area contributed by atoms with Gasteiger partial charge in [-0.3, -0.25) is 0 Å². The zero-order valence-corrected chi connectivity index (χ0v) is 16.7. The molecule has 0 radical (unpaired) electrons. The quantitative estimate of drug-likeness (QED) is 0.409. The van der Waals surface area contributed by atoms with Crippen LogP contribution in [0.25, 0.3) is 27.1 Å². The van der Waals surface area contributed by atoms with Gasteiger partial charge >= 0.3 is 5.97 Å². The van der Waals surface area contributed by atoms with Crippen LogP contribution in [-0.2, 0) is 18.2 Å². The summed E-state index contributed by atoms with van der Waals surface area (Å²) in [5.41, 5.74) is 6.76. The molecule has 0 aliphatic rings. The molecule has 142 valence electrons. The third kappa shape index (κ3) is 3.44. The minimum atomic E-state index is -0.396. The third-order valence-electron chi connectivity index (χ3n) is 4.96. The fraction of sp³-hybridized carbons (Fsp3) is 0.250. The summed E-state index contributed by atoms with van der Waals surface area (Å²) in [5.74, 6) is -0.396. The molecule has 4 nitrogen and oxygen atoms in total. The first-order valence-corrected chi connectivity index (χ1v) is 9.45. The van der Waals surface area contributed by atoms with Crippen LogP contribution >= 0.6 is 0 Å². The molecule has 1 aromatic heterocycles. The molecule has 0 aliphatic heterocycles. The predicted octanol–water partition coefficient (Wildman–Crippen LogP) is 5.96. The zero-order valence-electron chi connectivity index (χ0n) is 16.7. The second kappa shape index (κ2) is 8.14. The molecule has 1 heterocycles. The molecule has 0 saturated heterocycles. The molecule has 28 heavy (non-hydrogen) atoms. The number of aryl methyl sites for hydroxylation is 1. The summed E-state index contributed by atoms with van der Waals surface area (Å²) in [4.78, 5) is 16.4. The number of carbonyl (C=O) groups excluding carboxylic acids is 1. The Balaban J connectivity index is 2.13. The fourth-order valence-electron chi connectivity index (χ4n) is 3.53. The van der Waals surface area contributed by atoms with Crippen molar-refractivity contribution in [2.75, 3.05) is 6.61 Å². The van der Waals surface area contributed by atoms with Crippen LogP contribution in [0.4, 0.5) is 5.69 Å². The van der Waals surface area contributed by atoms with Crippen LogP contribution in [0.3, 0.4) is 0 Å². The van der Waals surface area contributed by atoms with E-state index < -0.39 is 5.97 Å². The largest absolute Gasteiger partial charge is 0.461 e. The highest BCUT2D eigenvalue weighted by Crippen LogP contribution is 2.40. The van der Waals surface area contributed by atoms with Gasteiger partial charge in [-0.05, 0) is 37.0 Å². The lowest BCUT2D eigenvalue weighted by atomic mass is 9.98. The number of benzene rings is 2. The molecule has 0 unspecified atom stereocenters. The van der Waals surface area contributed by atoms with Crippen molar-refractivity contribution in [3.05, 3.63) is 76.9 Å². The van der Waals surface area contributed by atoms with E-state index in [0.29, 0.717) is 30.0 Å². The number of aromatic nitrogens is 1. The van der Waals surface area contributed by atoms with Crippen LogP contribution in [-0.4, -0.2) is 17.1 Å². The molecule has 0 aliphatic carbocycles. The second-order valence-electron chi connectivity index (χ2n) is 6.71. The van der Waals surface area contributed by atoms with Gasteiger partial charge in [0.2, 0.25) is 5.69 Å². The number of ether oxygens (including phenoxy) is 1. The van der Waals surface area contributed by atoms with Crippen LogP contribution in [0.2, 0.25) is 0 Å². The van der Waals surface area contributed by atoms with Crippen molar-refractivity contribution < 1.29 is 9.53 Å². The highest BCUT2D eigenvalue weighted by atomic mass is 16.5. The summed E-state index contributed by atoms with van der Waals surface area (Å²) >= 11 is 0. The van der Waals surface area contributed by atoms with Gasteiger partial charge in [0.05, 0.1) is 13.2 Å². The molecule has 0 spiro atoms. The Morgan fingerprint density at radius 2 is 1.54 bits per heavy atom. The van der Waals surface area contributed by atoms with E-state index in [0.717, 1.165) is 22.4 Å². The second-order valence-corrected chi connectivity index (χ2v) is 6.71. The number of hydrogen-bond acceptors (Lipinski definition) is 2. The summed E-state index contributed by atoms with van der Waals surface area (Å²) in [6.07, 6.45) is 0.669. The van der Waals surface area contributed by atoms with Gasteiger partial charge in [0.25, 0.3) is 0 Å². The zero-order chi connectivity index (χ0) is 20.3. The Bertz CT molecular complexity index is 1040. The van der Waals surface area contributed by atoms with E-state index in [1.807, 2.05) is 38.2 Å². The smallest absolute Gasteiger partial charge is 0.354 e. The Morgan fingerprint density at radius 3 is 2.04 bits per heavy atom. The monoisotopic (exact) mass is 372 g/mol. The van der Waals surface area contributed by atoms with E-state index >= 15 is 0 Å². The maximum atomic E-state index is 12.6. The molecule has 0 amide bonds. The van der Waals surface area contributed by atoms with Gasteiger partial charge in [0.15, 0.2) is 0 Å². The van der Waals surface area contributed by atoms with Crippen molar-refractivity contribution in [3.63, 3.8) is 0 Å². The highest BCUT2D eigenvalue weighted by Gasteiger charge is 2.26. The highest BCUT2D eigenvalue weighted by molar-refractivity contribution is 6.01. The van der Waals surface area contributed by atoms with Crippen molar-refractivity contribution >= 4 is 11.7 Å². The van der Waals surface area contributed by atoms with Gasteiger partial charge in [-0.2, -0.15) is 0 Å². The maximum absolute atomic E-state index is 12.6. The summed E-state index contributed by atoms with van der Waals surface area (Å²) in [6, 6.07) is 16.4. The van der Waals surface area contributed by atoms with Gasteiger partial charge in [-0.15, -0.1) is 0 Å². The lowest BCUT2D eigenvalue weighted by molar-refractivity contribution is 0.0516. The van der Waals surface area contributed by atoms with E-state index in [2.05, 4.69) is 36.0 Å². The van der Waals surface area contributed by atoms with Crippen LogP contribution in [0.1, 0.15) is 35.6 Å². The van der Waals surface area contributed by atoms with Crippen LogP contribution in [0.15, 0.2) is 48.5 Å². The first kappa shape index (κ1) is 19.4. The molecular formula is C24H24N2O2. The van der Waals surface area contributed by atoms with Crippen molar-refractivity contribution in [1.82, 2.24) is 4.57 Å². The number of nitrogens with zero attached hydrogens (tertiary/aromatic N) is 2. The van der Waals surface area contributed by atoms with Crippen molar-refractivity contribution in [2.24, 2.45) is 7.05 Å². The molecule has 4 heteroatoms. The number of rotatable bonds is 5. The van der Waals surface area contributed by atoms with Crippen molar-refractivity contribution in [1.29, 1.82) is 0 Å². The molecule has 0 bridgehead atoms. The van der Waals surface area contributed by atoms with Crippen LogP contribution in [0.5, 0.6) is 0 Å². The molecule has 2 aromatic carbocycles. The SMILES string of the molecule is [C-]#[N+]c1c(-c2ccc(-c3ccc(C)cc3)cc2)c(C(=O)OCC)n(C)c1CC. The van der Waals surface area contributed by atoms with Gasteiger partial charge < -0.3 is 9.30 Å². The van der Waals surface area contributed by atoms with Crippen molar-refractivity contribution in [2.45, 2.75) is 27.2 Å². The third-order valence-corrected chi connectivity index (χ3v) is 4.96. The Labute approximate surface area is 166 Å². The number of carbonyl (C=O) groups is 1. The lowest BCUT2D eigenvalue weighted by Crippen LogP contribution is -2.12. The van der Waals surface area contributed by atoms with E-state index in [4.69, 9.17) is 11.3 Å². The van der Waals surface area contributed by atoms with Gasteiger partial charge in [-0.25, -0.2) is 9.64 Å². The minimum Gasteiger partial charge on any atom is -0.461 e. The molecule has 0 saturated carbocycles. The summed E-state index contributed by atoms with van der Waals surface area (Å²) < 4.78 is 7.07. The number of esters is 1. The first-order valence-electron chi connectivity index (χ1n) is 9.45. The summed E-state index contributed by atoms with van der Waals surface area (Å²) in [6.45, 7) is 13.8. The van der Waals surface area contributed by atoms with E-state index in [1.165, 1.54) is 5.56 Å². The molecule has 0 fully saturated rings. The van der Waals surface area contributed by atoms with Crippen LogP contribution in [0, 0.1) is 13.5 Å². The van der Waals surface area contributed by atoms with Gasteiger partial charge in [-0.1, -0.05) is 61.0 Å². The molecule has 3 aromatic rings. The number of hydrogen-bond donors (Lipinski definition) is 0. The Kier molecular flexibility index (Phi) is 5.65. The average Bonchev–Trinajstić information content (AvgIpc) is 3.00. The Hall–Kier alpha value is -3.32. The van der Waals surface area contributed by atoms with E-state index in [1.54, 1.807) is 11.5 Å². The first-order chi connectivity index (χ1) is 13.5. The molecular weight excluding hydrogens is 348 g/mol. The minimum absolute atomic E-state index is 0.296. The molecule has 0 N–H and O–H groups in total. The Morgan fingerprint density at radius 1 is 1.00 bits per heavy atom. The van der Waals surface area contributed by atoms with Crippen LogP contribution < -0.4 is 0 Å². The van der Waals surface area contributed by atoms with Gasteiger partial charge in [0.1, 0.15) is 5.69 Å². The molecule has 0 atom stereocenters. The normalized spacial score (nSPS) is 10.5. The standard InChI is InChI=1S/C24H24N2O2/c1-6-20-22(25-4)21(23(26(20)5)24(27)28-7-2)19-14-12-18(13-15-19)17-10-8-16(3)9-11-17/h8-15H,6-7H2,1-3,5H3.